The van der Waals surface area contributed by atoms with Crippen molar-refractivity contribution in [2.45, 2.75) is 33.2 Å². The number of benzene rings is 2. The maximum absolute atomic E-state index is 13.1. The summed E-state index contributed by atoms with van der Waals surface area (Å²) in [4.78, 5) is 18.0. The van der Waals surface area contributed by atoms with Crippen LogP contribution in [0.1, 0.15) is 41.4 Å². The van der Waals surface area contributed by atoms with Crippen LogP contribution in [-0.2, 0) is 6.54 Å². The summed E-state index contributed by atoms with van der Waals surface area (Å²) in [5, 5.41) is 5.99. The van der Waals surface area contributed by atoms with Gasteiger partial charge in [-0.3, -0.25) is 4.79 Å². The van der Waals surface area contributed by atoms with Gasteiger partial charge in [0, 0.05) is 34.8 Å². The van der Waals surface area contributed by atoms with Crippen molar-refractivity contribution in [3.63, 3.8) is 0 Å². The van der Waals surface area contributed by atoms with Gasteiger partial charge in [-0.1, -0.05) is 13.3 Å². The van der Waals surface area contributed by atoms with Gasteiger partial charge in [-0.2, -0.15) is 0 Å². The van der Waals surface area contributed by atoms with Gasteiger partial charge in [0.1, 0.15) is 22.3 Å². The lowest BCUT2D eigenvalue weighted by Gasteiger charge is -2.15. The Morgan fingerprint density at radius 1 is 1.00 bits per heavy atom. The second kappa shape index (κ2) is 12.0. The molecule has 0 spiro atoms. The summed E-state index contributed by atoms with van der Waals surface area (Å²) in [6, 6.07) is 15.6. The third-order valence-electron chi connectivity index (χ3n) is 6.35. The highest BCUT2D eigenvalue weighted by molar-refractivity contribution is 7.13. The summed E-state index contributed by atoms with van der Waals surface area (Å²) in [5.41, 5.74) is 5.22. The molecule has 0 bridgehead atoms. The fourth-order valence-electron chi connectivity index (χ4n) is 4.18. The number of carbonyl (C=O) groups is 1. The van der Waals surface area contributed by atoms with Crippen LogP contribution in [0.5, 0.6) is 17.2 Å². The summed E-state index contributed by atoms with van der Waals surface area (Å²) in [7, 11) is 4.94. The number of methoxy groups -OCH3 is 3. The van der Waals surface area contributed by atoms with E-state index in [0.29, 0.717) is 18.7 Å². The highest BCUT2D eigenvalue weighted by atomic mass is 32.1. The molecule has 0 unspecified atom stereocenters. The lowest BCUT2D eigenvalue weighted by molar-refractivity contribution is 0.0952. The number of nitrogens with one attached hydrogen (secondary N) is 1. The van der Waals surface area contributed by atoms with E-state index in [4.69, 9.17) is 19.2 Å². The van der Waals surface area contributed by atoms with Gasteiger partial charge >= 0.3 is 0 Å². The molecule has 2 aromatic heterocycles. The Bertz CT molecular complexity index is 1360. The van der Waals surface area contributed by atoms with E-state index in [1.807, 2.05) is 60.8 Å². The topological polar surface area (TPSA) is 74.6 Å². The maximum Gasteiger partial charge on any atom is 0.253 e. The van der Waals surface area contributed by atoms with Gasteiger partial charge in [0.15, 0.2) is 0 Å². The van der Waals surface area contributed by atoms with Crippen molar-refractivity contribution in [2.75, 3.05) is 27.9 Å². The van der Waals surface area contributed by atoms with Gasteiger partial charge in [0.25, 0.3) is 5.91 Å². The van der Waals surface area contributed by atoms with Gasteiger partial charge in [-0.15, -0.1) is 11.3 Å². The molecule has 2 aromatic carbocycles. The Balaban J connectivity index is 1.75. The van der Waals surface area contributed by atoms with Crippen molar-refractivity contribution >= 4 is 17.2 Å². The molecule has 0 saturated heterocycles. The Kier molecular flexibility index (Phi) is 8.50. The third kappa shape index (κ3) is 5.80. The van der Waals surface area contributed by atoms with Crippen LogP contribution in [0.25, 0.3) is 22.0 Å². The number of aromatic nitrogens is 2. The minimum absolute atomic E-state index is 0.0711. The van der Waals surface area contributed by atoms with Gasteiger partial charge in [0.2, 0.25) is 0 Å². The predicted octanol–water partition coefficient (Wildman–Crippen LogP) is 6.19. The molecular formula is C29H33N3O4S. The number of rotatable bonds is 11. The molecule has 4 aromatic rings. The number of thiazole rings is 1. The molecule has 194 valence electrons. The number of carbonyl (C=O) groups excluding carboxylic acids is 1. The highest BCUT2D eigenvalue weighted by Crippen LogP contribution is 2.34. The molecule has 0 aliphatic rings. The van der Waals surface area contributed by atoms with Crippen molar-refractivity contribution in [3.05, 3.63) is 70.7 Å². The SMILES string of the molecule is CCCCNC(=O)c1cc(-c2csc(-c3ccc(OC)cc3)n2)n(Cc2ccc(OC)cc2OC)c1C. The van der Waals surface area contributed by atoms with E-state index in [1.165, 1.54) is 0 Å². The van der Waals surface area contributed by atoms with Crippen LogP contribution < -0.4 is 19.5 Å². The second-order valence-corrected chi connectivity index (χ2v) is 9.53. The van der Waals surface area contributed by atoms with Gasteiger partial charge in [-0.25, -0.2) is 4.98 Å². The van der Waals surface area contributed by atoms with Crippen molar-refractivity contribution in [3.8, 4) is 39.2 Å². The Labute approximate surface area is 222 Å². The van der Waals surface area contributed by atoms with Crippen LogP contribution in [0.3, 0.4) is 0 Å². The van der Waals surface area contributed by atoms with Crippen LogP contribution in [0.4, 0.5) is 0 Å². The fraction of sp³-hybridized carbons (Fsp3) is 0.310. The lowest BCUT2D eigenvalue weighted by atomic mass is 10.1. The Hall–Kier alpha value is -3.78. The van der Waals surface area contributed by atoms with E-state index < -0.39 is 0 Å². The first-order valence-electron chi connectivity index (χ1n) is 12.3. The van der Waals surface area contributed by atoms with Crippen molar-refractivity contribution < 1.29 is 19.0 Å². The van der Waals surface area contributed by atoms with E-state index in [0.717, 1.165) is 63.3 Å². The molecule has 0 radical (unpaired) electrons. The number of amides is 1. The molecule has 4 rings (SSSR count). The zero-order valence-electron chi connectivity index (χ0n) is 22.0. The van der Waals surface area contributed by atoms with E-state index in [-0.39, 0.29) is 5.91 Å². The zero-order chi connectivity index (χ0) is 26.4. The molecule has 0 fully saturated rings. The minimum atomic E-state index is -0.0711. The molecule has 37 heavy (non-hydrogen) atoms. The normalized spacial score (nSPS) is 10.8. The molecule has 1 N–H and O–H groups in total. The molecule has 7 nitrogen and oxygen atoms in total. The maximum atomic E-state index is 13.1. The minimum Gasteiger partial charge on any atom is -0.497 e. The first kappa shape index (κ1) is 26.3. The fourth-order valence-corrected chi connectivity index (χ4v) is 5.00. The summed E-state index contributed by atoms with van der Waals surface area (Å²) < 4.78 is 18.4. The molecule has 0 aliphatic carbocycles. The molecule has 0 atom stereocenters. The zero-order valence-corrected chi connectivity index (χ0v) is 22.8. The van der Waals surface area contributed by atoms with Gasteiger partial charge in [-0.05, 0) is 55.8 Å². The summed E-state index contributed by atoms with van der Waals surface area (Å²) >= 11 is 1.57. The predicted molar refractivity (Wildman–Crippen MR) is 148 cm³/mol. The number of hydrogen-bond acceptors (Lipinski definition) is 6. The molecule has 2 heterocycles. The molecule has 1 amide bonds. The van der Waals surface area contributed by atoms with Crippen LogP contribution in [0, 0.1) is 6.92 Å². The van der Waals surface area contributed by atoms with Crippen molar-refractivity contribution in [2.24, 2.45) is 0 Å². The van der Waals surface area contributed by atoms with E-state index in [1.54, 1.807) is 32.7 Å². The lowest BCUT2D eigenvalue weighted by Crippen LogP contribution is -2.24. The quantitative estimate of drug-likeness (QED) is 0.239. The van der Waals surface area contributed by atoms with Crippen LogP contribution in [0.15, 0.2) is 53.9 Å². The third-order valence-corrected chi connectivity index (χ3v) is 7.24. The summed E-state index contributed by atoms with van der Waals surface area (Å²) in [5.74, 6) is 2.18. The van der Waals surface area contributed by atoms with Crippen LogP contribution >= 0.6 is 11.3 Å². The molecular weight excluding hydrogens is 486 g/mol. The summed E-state index contributed by atoms with van der Waals surface area (Å²) in [6.07, 6.45) is 1.97. The standard InChI is InChI=1S/C29H33N3O4S/c1-6-7-14-30-28(33)24-16-26(25-18-37-29(31-25)20-8-11-22(34-3)12-9-20)32(19(24)2)17-21-10-13-23(35-4)15-27(21)36-5/h8-13,15-16,18H,6-7,14,17H2,1-5H3,(H,30,33). The molecule has 0 aliphatic heterocycles. The van der Waals surface area contributed by atoms with Crippen molar-refractivity contribution in [1.82, 2.24) is 14.9 Å². The first-order chi connectivity index (χ1) is 18.0. The summed E-state index contributed by atoms with van der Waals surface area (Å²) in [6.45, 7) is 5.26. The van der Waals surface area contributed by atoms with E-state index >= 15 is 0 Å². The average molecular weight is 520 g/mol. The number of nitrogens with zero attached hydrogens (tertiary/aromatic N) is 2. The monoisotopic (exact) mass is 519 g/mol. The van der Waals surface area contributed by atoms with Crippen LogP contribution in [-0.4, -0.2) is 43.3 Å². The number of hydrogen-bond donors (Lipinski definition) is 1. The number of ether oxygens (including phenoxy) is 3. The second-order valence-electron chi connectivity index (χ2n) is 8.67. The largest absolute Gasteiger partial charge is 0.497 e. The van der Waals surface area contributed by atoms with Gasteiger partial charge in [0.05, 0.1) is 44.8 Å². The smallest absolute Gasteiger partial charge is 0.253 e. The Morgan fingerprint density at radius 3 is 2.41 bits per heavy atom. The van der Waals surface area contributed by atoms with Gasteiger partial charge < -0.3 is 24.1 Å². The van der Waals surface area contributed by atoms with Crippen molar-refractivity contribution in [1.29, 1.82) is 0 Å². The van der Waals surface area contributed by atoms with Crippen LogP contribution in [0.2, 0.25) is 0 Å². The van der Waals surface area contributed by atoms with E-state index in [2.05, 4.69) is 16.8 Å². The highest BCUT2D eigenvalue weighted by Gasteiger charge is 2.21. The number of unbranched alkanes of at least 4 members (excludes halogenated alkanes) is 1. The first-order valence-corrected chi connectivity index (χ1v) is 13.2. The molecule has 8 heteroatoms. The molecule has 0 saturated carbocycles. The average Bonchev–Trinajstić information content (AvgIpc) is 3.54. The Morgan fingerprint density at radius 2 is 1.73 bits per heavy atom. The van der Waals surface area contributed by atoms with E-state index in [9.17, 15) is 4.79 Å².